The molecule has 0 aliphatic carbocycles. The Hall–Kier alpha value is -3.15. The van der Waals surface area contributed by atoms with Gasteiger partial charge in [-0.25, -0.2) is 0 Å². The van der Waals surface area contributed by atoms with Gasteiger partial charge in [-0.15, -0.1) is 0 Å². The lowest BCUT2D eigenvalue weighted by Crippen LogP contribution is -2.30. The third-order valence-electron chi connectivity index (χ3n) is 15.2. The summed E-state index contributed by atoms with van der Waals surface area (Å²) >= 11 is 0. The average Bonchev–Trinajstić information content (AvgIpc) is 3.45. The minimum Gasteiger partial charge on any atom is -0.462 e. The first-order valence-electron chi connectivity index (χ1n) is 34.4. The molecule has 0 amide bonds. The van der Waals surface area contributed by atoms with E-state index in [1.54, 1.807) is 0 Å². The Labute approximate surface area is 491 Å². The number of carbonyl (C=O) groups excluding carboxylic acids is 3. The summed E-state index contributed by atoms with van der Waals surface area (Å²) < 4.78 is 16.9. The molecule has 6 heteroatoms. The van der Waals surface area contributed by atoms with Crippen LogP contribution in [0, 0.1) is 0 Å². The van der Waals surface area contributed by atoms with Crippen LogP contribution < -0.4 is 0 Å². The molecule has 0 saturated heterocycles. The summed E-state index contributed by atoms with van der Waals surface area (Å²) in [6.45, 7) is 6.54. The number of esters is 3. The van der Waals surface area contributed by atoms with Crippen LogP contribution in [0.15, 0.2) is 72.9 Å². The number of hydrogen-bond donors (Lipinski definition) is 0. The van der Waals surface area contributed by atoms with Gasteiger partial charge in [-0.2, -0.15) is 0 Å². The molecule has 0 radical (unpaired) electrons. The summed E-state index contributed by atoms with van der Waals surface area (Å²) in [7, 11) is 0. The molecular weight excluding hydrogens is 973 g/mol. The van der Waals surface area contributed by atoms with E-state index in [0.29, 0.717) is 19.3 Å². The van der Waals surface area contributed by atoms with Crippen LogP contribution in [-0.4, -0.2) is 37.2 Å². The summed E-state index contributed by atoms with van der Waals surface area (Å²) in [5, 5.41) is 0. The predicted molar refractivity (Wildman–Crippen MR) is 344 cm³/mol. The fourth-order valence-electron chi connectivity index (χ4n) is 10.1. The van der Waals surface area contributed by atoms with Crippen molar-refractivity contribution < 1.29 is 28.6 Å². The third-order valence-corrected chi connectivity index (χ3v) is 15.2. The maximum absolute atomic E-state index is 12.9. The van der Waals surface area contributed by atoms with Crippen molar-refractivity contribution in [3.8, 4) is 0 Å². The molecule has 1 atom stereocenters. The Balaban J connectivity index is 4.16. The smallest absolute Gasteiger partial charge is 0.306 e. The molecule has 0 aromatic rings. The number of rotatable bonds is 63. The van der Waals surface area contributed by atoms with E-state index in [2.05, 4.69) is 93.7 Å². The van der Waals surface area contributed by atoms with Crippen molar-refractivity contribution in [3.63, 3.8) is 0 Å². The van der Waals surface area contributed by atoms with Crippen LogP contribution in [0.25, 0.3) is 0 Å². The molecule has 79 heavy (non-hydrogen) atoms. The highest BCUT2D eigenvalue weighted by atomic mass is 16.6. The number of carbonyl (C=O) groups is 3. The number of allylic oxidation sites excluding steroid dienone is 12. The molecule has 6 nitrogen and oxygen atoms in total. The van der Waals surface area contributed by atoms with Gasteiger partial charge in [0.1, 0.15) is 13.2 Å². The van der Waals surface area contributed by atoms with E-state index in [1.807, 2.05) is 0 Å². The highest BCUT2D eigenvalue weighted by Crippen LogP contribution is 2.18. The summed E-state index contributed by atoms with van der Waals surface area (Å²) in [6, 6.07) is 0. The second kappa shape index (κ2) is 67.4. The van der Waals surface area contributed by atoms with Crippen molar-refractivity contribution >= 4 is 17.9 Å². The monoisotopic (exact) mass is 1100 g/mol. The Morgan fingerprint density at radius 1 is 0.266 bits per heavy atom. The minimum atomic E-state index is -0.781. The fraction of sp³-hybridized carbons (Fsp3) is 0.795. The number of unbranched alkanes of at least 4 members (excludes halogenated alkanes) is 40. The van der Waals surface area contributed by atoms with Crippen LogP contribution in [0.3, 0.4) is 0 Å². The second-order valence-electron chi connectivity index (χ2n) is 23.1. The van der Waals surface area contributed by atoms with Crippen LogP contribution in [-0.2, 0) is 28.6 Å². The summed E-state index contributed by atoms with van der Waals surface area (Å²) in [5.41, 5.74) is 0. The van der Waals surface area contributed by atoms with E-state index < -0.39 is 6.10 Å². The normalized spacial score (nSPS) is 12.5. The standard InChI is InChI=1S/C73H130O6/c1-4-7-10-13-16-19-22-24-26-28-30-31-32-33-34-35-36-37-38-39-40-41-43-44-46-48-51-54-57-60-63-66-72(75)78-69-70(68-77-71(74)65-62-59-56-53-50-21-18-15-12-9-6-3)79-73(76)67-64-61-58-55-52-49-47-45-42-29-27-25-23-20-17-14-11-8-5-2/h8,11,17,20,22,24-25,27-28,30,42,45,70H,4-7,9-10,12-16,18-19,21,23,26,29,31-41,43-44,46-69H2,1-3H3/b11-8-,20-17-,24-22-,27-25-,30-28-,45-42-. The van der Waals surface area contributed by atoms with Crippen molar-refractivity contribution in [1.82, 2.24) is 0 Å². The Bertz CT molecular complexity index is 1450. The van der Waals surface area contributed by atoms with Gasteiger partial charge >= 0.3 is 17.9 Å². The summed E-state index contributed by atoms with van der Waals surface area (Å²) in [6.07, 6.45) is 87.9. The topological polar surface area (TPSA) is 78.9 Å². The zero-order valence-electron chi connectivity index (χ0n) is 52.6. The average molecular weight is 1100 g/mol. The van der Waals surface area contributed by atoms with Gasteiger partial charge in [0, 0.05) is 19.3 Å². The van der Waals surface area contributed by atoms with E-state index in [4.69, 9.17) is 14.2 Å². The largest absolute Gasteiger partial charge is 0.462 e. The first kappa shape index (κ1) is 75.8. The van der Waals surface area contributed by atoms with Gasteiger partial charge in [-0.05, 0) is 89.9 Å². The van der Waals surface area contributed by atoms with E-state index in [1.165, 1.54) is 212 Å². The first-order valence-corrected chi connectivity index (χ1v) is 34.4. The lowest BCUT2D eigenvalue weighted by atomic mass is 10.0. The molecule has 0 aliphatic heterocycles. The van der Waals surface area contributed by atoms with E-state index in [9.17, 15) is 14.4 Å². The van der Waals surface area contributed by atoms with Crippen LogP contribution in [0.2, 0.25) is 0 Å². The summed E-state index contributed by atoms with van der Waals surface area (Å²) in [5.74, 6) is -0.873. The van der Waals surface area contributed by atoms with Crippen LogP contribution in [0.1, 0.15) is 355 Å². The summed E-state index contributed by atoms with van der Waals surface area (Å²) in [4.78, 5) is 38.3. The van der Waals surface area contributed by atoms with Gasteiger partial charge < -0.3 is 14.2 Å². The van der Waals surface area contributed by atoms with Crippen LogP contribution >= 0.6 is 0 Å². The SMILES string of the molecule is CC/C=C\C/C=C\C/C=C\C/C=C\CCCCCCCCC(=O)OC(COC(=O)CCCCCCCCCCCCC)COC(=O)CCCCCCCCCCCCCCCCCCCCC/C=C\C/C=C\CCCCCCC. The van der Waals surface area contributed by atoms with E-state index in [0.717, 1.165) is 103 Å². The minimum absolute atomic E-state index is 0.0770. The van der Waals surface area contributed by atoms with Gasteiger partial charge in [0.25, 0.3) is 0 Å². The quantitative estimate of drug-likeness (QED) is 0.0261. The Morgan fingerprint density at radius 2 is 0.494 bits per heavy atom. The Kier molecular flexibility index (Phi) is 64.7. The van der Waals surface area contributed by atoms with Crippen molar-refractivity contribution in [2.45, 2.75) is 361 Å². The molecule has 0 fully saturated rings. The van der Waals surface area contributed by atoms with Gasteiger partial charge in [-0.1, -0.05) is 318 Å². The Morgan fingerprint density at radius 3 is 0.772 bits per heavy atom. The van der Waals surface area contributed by atoms with E-state index in [-0.39, 0.29) is 31.1 Å². The predicted octanol–water partition coefficient (Wildman–Crippen LogP) is 23.7. The molecule has 0 bridgehead atoms. The molecular formula is C73H130O6. The van der Waals surface area contributed by atoms with Gasteiger partial charge in [0.2, 0.25) is 0 Å². The molecule has 0 heterocycles. The van der Waals surface area contributed by atoms with Gasteiger partial charge in [0.15, 0.2) is 6.10 Å². The molecule has 0 spiro atoms. The molecule has 0 aliphatic rings. The molecule has 0 rings (SSSR count). The molecule has 0 aromatic heterocycles. The second-order valence-corrected chi connectivity index (χ2v) is 23.1. The third kappa shape index (κ3) is 65.5. The van der Waals surface area contributed by atoms with Crippen molar-refractivity contribution in [3.05, 3.63) is 72.9 Å². The first-order chi connectivity index (χ1) is 39.0. The van der Waals surface area contributed by atoms with Crippen LogP contribution in [0.5, 0.6) is 0 Å². The number of hydrogen-bond acceptors (Lipinski definition) is 6. The highest BCUT2D eigenvalue weighted by molar-refractivity contribution is 5.71. The maximum Gasteiger partial charge on any atom is 0.306 e. The molecule has 0 saturated carbocycles. The molecule has 1 unspecified atom stereocenters. The van der Waals surface area contributed by atoms with E-state index >= 15 is 0 Å². The maximum atomic E-state index is 12.9. The fourth-order valence-corrected chi connectivity index (χ4v) is 10.1. The van der Waals surface area contributed by atoms with Crippen LogP contribution in [0.4, 0.5) is 0 Å². The number of ether oxygens (including phenoxy) is 3. The van der Waals surface area contributed by atoms with Gasteiger partial charge in [-0.3, -0.25) is 14.4 Å². The highest BCUT2D eigenvalue weighted by Gasteiger charge is 2.19. The zero-order chi connectivity index (χ0) is 57.1. The molecule has 0 aromatic carbocycles. The zero-order valence-corrected chi connectivity index (χ0v) is 52.6. The molecule has 458 valence electrons. The van der Waals surface area contributed by atoms with Crippen molar-refractivity contribution in [1.29, 1.82) is 0 Å². The van der Waals surface area contributed by atoms with Gasteiger partial charge in [0.05, 0.1) is 0 Å². The lowest BCUT2D eigenvalue weighted by Gasteiger charge is -2.18. The van der Waals surface area contributed by atoms with Crippen molar-refractivity contribution in [2.24, 2.45) is 0 Å². The molecule has 0 N–H and O–H groups in total. The van der Waals surface area contributed by atoms with Crippen molar-refractivity contribution in [2.75, 3.05) is 13.2 Å². The lowest BCUT2D eigenvalue weighted by molar-refractivity contribution is -0.167.